The molecule has 3 heteroatoms. The highest BCUT2D eigenvalue weighted by Crippen LogP contribution is 2.11. The lowest BCUT2D eigenvalue weighted by atomic mass is 10.2. The van der Waals surface area contributed by atoms with E-state index < -0.39 is 0 Å². The minimum absolute atomic E-state index is 0.723. The second-order valence-corrected chi connectivity index (χ2v) is 3.61. The third-order valence-electron chi connectivity index (χ3n) is 2.29. The molecule has 16 heavy (non-hydrogen) atoms. The summed E-state index contributed by atoms with van der Waals surface area (Å²) in [5.41, 5.74) is 1.29. The van der Waals surface area contributed by atoms with Crippen molar-refractivity contribution in [3.05, 3.63) is 29.8 Å². The van der Waals surface area contributed by atoms with Gasteiger partial charge < -0.3 is 15.4 Å². The zero-order valence-corrected chi connectivity index (χ0v) is 10.3. The summed E-state index contributed by atoms with van der Waals surface area (Å²) in [5, 5.41) is 6.66. The third kappa shape index (κ3) is 5.14. The molecule has 1 rings (SSSR count). The molecule has 0 unspecified atom stereocenters. The van der Waals surface area contributed by atoms with Gasteiger partial charge in [-0.25, -0.2) is 0 Å². The van der Waals surface area contributed by atoms with Crippen molar-refractivity contribution in [2.75, 3.05) is 26.2 Å². The number of nitrogens with one attached hydrogen (secondary N) is 2. The van der Waals surface area contributed by atoms with E-state index in [1.54, 1.807) is 0 Å². The first-order valence-corrected chi connectivity index (χ1v) is 6.00. The Morgan fingerprint density at radius 3 is 2.31 bits per heavy atom. The molecule has 0 spiro atoms. The predicted molar refractivity (Wildman–Crippen MR) is 67.9 cm³/mol. The molecule has 1 aromatic rings. The maximum Gasteiger partial charge on any atom is 0.119 e. The highest BCUT2D eigenvalue weighted by atomic mass is 16.5. The highest BCUT2D eigenvalue weighted by Gasteiger charge is 1.94. The Labute approximate surface area is 98.2 Å². The van der Waals surface area contributed by atoms with Crippen molar-refractivity contribution < 1.29 is 4.74 Å². The molecule has 0 amide bonds. The summed E-state index contributed by atoms with van der Waals surface area (Å²) in [6, 6.07) is 8.24. The summed E-state index contributed by atoms with van der Waals surface area (Å²) in [6.45, 7) is 8.81. The van der Waals surface area contributed by atoms with E-state index in [0.29, 0.717) is 0 Å². The first-order valence-electron chi connectivity index (χ1n) is 6.00. The van der Waals surface area contributed by atoms with Gasteiger partial charge in [-0.2, -0.15) is 0 Å². The molecule has 0 aromatic heterocycles. The van der Waals surface area contributed by atoms with Crippen LogP contribution < -0.4 is 15.4 Å². The van der Waals surface area contributed by atoms with E-state index in [-0.39, 0.29) is 0 Å². The number of hydrogen-bond acceptors (Lipinski definition) is 3. The molecule has 0 aliphatic heterocycles. The van der Waals surface area contributed by atoms with Gasteiger partial charge in [0.15, 0.2) is 0 Å². The molecule has 0 aliphatic rings. The lowest BCUT2D eigenvalue weighted by Crippen LogP contribution is -2.26. The summed E-state index contributed by atoms with van der Waals surface area (Å²) < 4.78 is 5.39. The van der Waals surface area contributed by atoms with Crippen molar-refractivity contribution in [1.82, 2.24) is 10.6 Å². The van der Waals surface area contributed by atoms with Crippen molar-refractivity contribution in [2.45, 2.75) is 20.4 Å². The first-order chi connectivity index (χ1) is 7.86. The van der Waals surface area contributed by atoms with Crippen LogP contribution in [0, 0.1) is 0 Å². The van der Waals surface area contributed by atoms with E-state index in [4.69, 9.17) is 4.74 Å². The maximum atomic E-state index is 5.39. The first kappa shape index (κ1) is 13.0. The number of likely N-dealkylation sites (N-methyl/N-ethyl adjacent to an activating group) is 1. The fourth-order valence-electron chi connectivity index (χ4n) is 1.46. The van der Waals surface area contributed by atoms with Gasteiger partial charge in [-0.1, -0.05) is 19.1 Å². The Bertz CT molecular complexity index is 272. The molecule has 90 valence electrons. The number of ether oxygens (including phenoxy) is 1. The monoisotopic (exact) mass is 222 g/mol. The molecule has 0 saturated carbocycles. The zero-order valence-electron chi connectivity index (χ0n) is 10.3. The summed E-state index contributed by atoms with van der Waals surface area (Å²) in [6.07, 6.45) is 0. The van der Waals surface area contributed by atoms with E-state index in [1.165, 1.54) is 5.56 Å². The second kappa shape index (κ2) is 8.13. The average Bonchev–Trinajstić information content (AvgIpc) is 2.31. The molecule has 0 radical (unpaired) electrons. The Hall–Kier alpha value is -1.06. The van der Waals surface area contributed by atoms with Crippen molar-refractivity contribution >= 4 is 0 Å². The standard InChI is InChI=1S/C13H22N2O/c1-3-14-9-10-15-11-12-5-7-13(8-6-12)16-4-2/h5-8,14-15H,3-4,9-11H2,1-2H3. The van der Waals surface area contributed by atoms with Crippen LogP contribution in [0.4, 0.5) is 0 Å². The summed E-state index contributed by atoms with van der Waals surface area (Å²) in [5.74, 6) is 0.943. The van der Waals surface area contributed by atoms with Crippen LogP contribution in [0.1, 0.15) is 19.4 Å². The van der Waals surface area contributed by atoms with Gasteiger partial charge in [-0.3, -0.25) is 0 Å². The van der Waals surface area contributed by atoms with Crippen molar-refractivity contribution in [3.8, 4) is 5.75 Å². The predicted octanol–water partition coefficient (Wildman–Crippen LogP) is 1.78. The van der Waals surface area contributed by atoms with Crippen LogP contribution in [-0.2, 0) is 6.54 Å². The molecule has 0 heterocycles. The minimum atomic E-state index is 0.723. The summed E-state index contributed by atoms with van der Waals surface area (Å²) in [7, 11) is 0. The average molecular weight is 222 g/mol. The molecule has 0 bridgehead atoms. The molecule has 1 aromatic carbocycles. The lowest BCUT2D eigenvalue weighted by Gasteiger charge is -2.07. The van der Waals surface area contributed by atoms with E-state index in [2.05, 4.69) is 29.7 Å². The molecular formula is C13H22N2O. The quantitative estimate of drug-likeness (QED) is 0.658. The van der Waals surface area contributed by atoms with Crippen LogP contribution in [0.3, 0.4) is 0 Å². The zero-order chi connectivity index (χ0) is 11.6. The molecule has 3 nitrogen and oxygen atoms in total. The Kier molecular flexibility index (Phi) is 6.61. The SMILES string of the molecule is CCNCCNCc1ccc(OCC)cc1. The van der Waals surface area contributed by atoms with Gasteiger partial charge in [0.2, 0.25) is 0 Å². The van der Waals surface area contributed by atoms with Gasteiger partial charge in [-0.15, -0.1) is 0 Å². The van der Waals surface area contributed by atoms with Crippen LogP contribution in [0.5, 0.6) is 5.75 Å². The van der Waals surface area contributed by atoms with Gasteiger partial charge >= 0.3 is 0 Å². The molecule has 0 fully saturated rings. The Morgan fingerprint density at radius 2 is 1.69 bits per heavy atom. The highest BCUT2D eigenvalue weighted by molar-refractivity contribution is 5.27. The van der Waals surface area contributed by atoms with Crippen molar-refractivity contribution in [3.63, 3.8) is 0 Å². The Morgan fingerprint density at radius 1 is 1.00 bits per heavy atom. The number of benzene rings is 1. The van der Waals surface area contributed by atoms with Crippen molar-refractivity contribution in [1.29, 1.82) is 0 Å². The van der Waals surface area contributed by atoms with Crippen LogP contribution in [0.25, 0.3) is 0 Å². The number of hydrogen-bond donors (Lipinski definition) is 2. The van der Waals surface area contributed by atoms with E-state index in [1.807, 2.05) is 19.1 Å². The largest absolute Gasteiger partial charge is 0.494 e. The summed E-state index contributed by atoms with van der Waals surface area (Å²) >= 11 is 0. The lowest BCUT2D eigenvalue weighted by molar-refractivity contribution is 0.340. The molecule has 0 saturated heterocycles. The molecule has 0 aliphatic carbocycles. The van der Waals surface area contributed by atoms with Gasteiger partial charge in [0.05, 0.1) is 6.61 Å². The van der Waals surface area contributed by atoms with Crippen LogP contribution in [0.2, 0.25) is 0 Å². The fourth-order valence-corrected chi connectivity index (χ4v) is 1.46. The summed E-state index contributed by atoms with van der Waals surface area (Å²) in [4.78, 5) is 0. The van der Waals surface area contributed by atoms with Crippen molar-refractivity contribution in [2.24, 2.45) is 0 Å². The van der Waals surface area contributed by atoms with Gasteiger partial charge in [0.1, 0.15) is 5.75 Å². The Balaban J connectivity index is 2.21. The minimum Gasteiger partial charge on any atom is -0.494 e. The number of rotatable bonds is 8. The smallest absolute Gasteiger partial charge is 0.119 e. The van der Waals surface area contributed by atoms with Gasteiger partial charge in [-0.05, 0) is 31.2 Å². The van der Waals surface area contributed by atoms with Crippen LogP contribution >= 0.6 is 0 Å². The van der Waals surface area contributed by atoms with Gasteiger partial charge in [0.25, 0.3) is 0 Å². The fraction of sp³-hybridized carbons (Fsp3) is 0.538. The molecule has 0 atom stereocenters. The molecular weight excluding hydrogens is 200 g/mol. The third-order valence-corrected chi connectivity index (χ3v) is 2.29. The van der Waals surface area contributed by atoms with Crippen LogP contribution in [-0.4, -0.2) is 26.2 Å². The van der Waals surface area contributed by atoms with Gasteiger partial charge in [0, 0.05) is 19.6 Å². The van der Waals surface area contributed by atoms with Crippen LogP contribution in [0.15, 0.2) is 24.3 Å². The topological polar surface area (TPSA) is 33.3 Å². The van der Waals surface area contributed by atoms with E-state index in [0.717, 1.165) is 38.5 Å². The maximum absolute atomic E-state index is 5.39. The second-order valence-electron chi connectivity index (χ2n) is 3.61. The van der Waals surface area contributed by atoms with E-state index >= 15 is 0 Å². The van der Waals surface area contributed by atoms with E-state index in [9.17, 15) is 0 Å². The molecule has 2 N–H and O–H groups in total. The normalized spacial score (nSPS) is 10.4.